The Labute approximate surface area is 124 Å². The molecule has 0 aromatic carbocycles. The molecule has 2 fully saturated rings. The Bertz CT molecular complexity index is 383. The van der Waals surface area contributed by atoms with Gasteiger partial charge in [-0.1, -0.05) is 44.9 Å². The highest BCUT2D eigenvalue weighted by Gasteiger charge is 2.34. The second-order valence-electron chi connectivity index (χ2n) is 6.48. The van der Waals surface area contributed by atoms with Crippen molar-refractivity contribution in [1.29, 1.82) is 0 Å². The Hall–Kier alpha value is -0.130. The Morgan fingerprint density at radius 1 is 0.650 bits per heavy atom. The van der Waals surface area contributed by atoms with Crippen LogP contribution >= 0.6 is 0 Å². The minimum atomic E-state index is -3.29. The lowest BCUT2D eigenvalue weighted by atomic mass is 9.96. The Morgan fingerprint density at radius 2 is 0.950 bits per heavy atom. The van der Waals surface area contributed by atoms with Gasteiger partial charge in [-0.15, -0.1) is 0 Å². The molecule has 2 aliphatic carbocycles. The van der Waals surface area contributed by atoms with E-state index in [2.05, 4.69) is 0 Å². The highest BCUT2D eigenvalue weighted by atomic mass is 32.2. The summed E-state index contributed by atoms with van der Waals surface area (Å²) in [5.74, 6) is 0. The fourth-order valence-electron chi connectivity index (χ4n) is 3.65. The Kier molecular flexibility index (Phi) is 5.87. The molecule has 2 rings (SSSR count). The van der Waals surface area contributed by atoms with E-state index in [1.165, 1.54) is 19.3 Å². The predicted octanol–water partition coefficient (Wildman–Crippen LogP) is 3.15. The lowest BCUT2D eigenvalue weighted by Crippen LogP contribution is -2.49. The molecule has 0 radical (unpaired) electrons. The second-order valence-corrected chi connectivity index (χ2v) is 8.53. The first-order valence-corrected chi connectivity index (χ1v) is 9.64. The molecule has 5 heteroatoms. The van der Waals surface area contributed by atoms with Crippen molar-refractivity contribution in [3.05, 3.63) is 0 Å². The summed E-state index contributed by atoms with van der Waals surface area (Å²) in [5, 5.41) is 0. The van der Waals surface area contributed by atoms with Crippen molar-refractivity contribution < 1.29 is 8.42 Å². The highest BCUT2D eigenvalue weighted by Crippen LogP contribution is 2.28. The van der Waals surface area contributed by atoms with E-state index >= 15 is 0 Å². The van der Waals surface area contributed by atoms with Gasteiger partial charge in [0.2, 0.25) is 0 Å². The van der Waals surface area contributed by atoms with E-state index in [0.717, 1.165) is 51.4 Å². The Morgan fingerprint density at radius 3 is 1.30 bits per heavy atom. The summed E-state index contributed by atoms with van der Waals surface area (Å²) in [6, 6.07) is 0.413. The summed E-state index contributed by atoms with van der Waals surface area (Å²) in [4.78, 5) is 0. The summed E-state index contributed by atoms with van der Waals surface area (Å²) >= 11 is 0. The molecule has 0 bridgehead atoms. The monoisotopic (exact) mass is 302 g/mol. The summed E-state index contributed by atoms with van der Waals surface area (Å²) in [6.07, 6.45) is 12.5. The minimum absolute atomic E-state index is 0.202. The standard InChI is InChI=1S/C15H30N2O2S/c1-16(14-10-6-3-4-7-11-14)20(18,19)17(2)15-12-8-5-9-13-15/h14-15H,3-13H2,1-2H3. The first kappa shape index (κ1) is 16.2. The molecule has 0 aromatic rings. The highest BCUT2D eigenvalue weighted by molar-refractivity contribution is 7.86. The molecule has 0 atom stereocenters. The second kappa shape index (κ2) is 7.23. The quantitative estimate of drug-likeness (QED) is 0.749. The van der Waals surface area contributed by atoms with Gasteiger partial charge in [0.05, 0.1) is 0 Å². The van der Waals surface area contributed by atoms with Gasteiger partial charge in [-0.25, -0.2) is 0 Å². The average Bonchev–Trinajstić information content (AvgIpc) is 2.75. The fourth-order valence-corrected chi connectivity index (χ4v) is 5.23. The zero-order valence-electron chi connectivity index (χ0n) is 13.1. The zero-order chi connectivity index (χ0) is 14.6. The molecule has 0 amide bonds. The molecule has 0 unspecified atom stereocenters. The van der Waals surface area contributed by atoms with Crippen LogP contribution in [0.3, 0.4) is 0 Å². The molecule has 2 saturated carbocycles. The van der Waals surface area contributed by atoms with Crippen LogP contribution in [0, 0.1) is 0 Å². The van der Waals surface area contributed by atoms with Crippen LogP contribution in [-0.2, 0) is 10.2 Å². The van der Waals surface area contributed by atoms with Gasteiger partial charge in [-0.3, -0.25) is 0 Å². The van der Waals surface area contributed by atoms with Crippen LogP contribution in [-0.4, -0.2) is 43.2 Å². The minimum Gasteiger partial charge on any atom is -0.195 e. The van der Waals surface area contributed by atoms with Crippen molar-refractivity contribution in [2.45, 2.75) is 82.7 Å². The van der Waals surface area contributed by atoms with Gasteiger partial charge in [0.15, 0.2) is 0 Å². The van der Waals surface area contributed by atoms with Gasteiger partial charge < -0.3 is 0 Å². The van der Waals surface area contributed by atoms with Crippen molar-refractivity contribution in [1.82, 2.24) is 8.61 Å². The Balaban J connectivity index is 2.03. The van der Waals surface area contributed by atoms with Gasteiger partial charge in [0, 0.05) is 26.2 Å². The maximum Gasteiger partial charge on any atom is 0.281 e. The van der Waals surface area contributed by atoms with Gasteiger partial charge >= 0.3 is 0 Å². The van der Waals surface area contributed by atoms with Gasteiger partial charge in [-0.2, -0.15) is 17.0 Å². The maximum absolute atomic E-state index is 12.8. The van der Waals surface area contributed by atoms with Gasteiger partial charge in [0.25, 0.3) is 10.2 Å². The van der Waals surface area contributed by atoms with Crippen LogP contribution in [0.2, 0.25) is 0 Å². The van der Waals surface area contributed by atoms with E-state index in [1.54, 1.807) is 22.7 Å². The predicted molar refractivity (Wildman–Crippen MR) is 82.8 cm³/mol. The topological polar surface area (TPSA) is 40.6 Å². The molecular formula is C15H30N2O2S. The van der Waals surface area contributed by atoms with Crippen LogP contribution in [0.4, 0.5) is 0 Å². The van der Waals surface area contributed by atoms with Crippen molar-refractivity contribution >= 4 is 10.2 Å². The molecule has 20 heavy (non-hydrogen) atoms. The smallest absolute Gasteiger partial charge is 0.195 e. The third-order valence-electron chi connectivity index (χ3n) is 5.16. The lowest BCUT2D eigenvalue weighted by molar-refractivity contribution is 0.250. The summed E-state index contributed by atoms with van der Waals surface area (Å²) in [7, 11) is 0.271. The molecular weight excluding hydrogens is 272 g/mol. The molecule has 0 heterocycles. The summed E-state index contributed by atoms with van der Waals surface area (Å²) in [6.45, 7) is 0. The van der Waals surface area contributed by atoms with Crippen LogP contribution < -0.4 is 0 Å². The third-order valence-corrected chi connectivity index (χ3v) is 7.21. The number of rotatable bonds is 4. The van der Waals surface area contributed by atoms with E-state index in [-0.39, 0.29) is 12.1 Å². The van der Waals surface area contributed by atoms with E-state index in [1.807, 2.05) is 0 Å². The molecule has 4 nitrogen and oxygen atoms in total. The van der Waals surface area contributed by atoms with Crippen LogP contribution in [0.5, 0.6) is 0 Å². The van der Waals surface area contributed by atoms with Crippen LogP contribution in [0.15, 0.2) is 0 Å². The molecule has 0 spiro atoms. The molecule has 0 N–H and O–H groups in total. The van der Waals surface area contributed by atoms with Crippen molar-refractivity contribution in [2.24, 2.45) is 0 Å². The maximum atomic E-state index is 12.8. The van der Waals surface area contributed by atoms with Crippen LogP contribution in [0.25, 0.3) is 0 Å². The van der Waals surface area contributed by atoms with Crippen LogP contribution in [0.1, 0.15) is 70.6 Å². The largest absolute Gasteiger partial charge is 0.281 e. The van der Waals surface area contributed by atoms with Gasteiger partial charge in [0.1, 0.15) is 0 Å². The molecule has 0 aromatic heterocycles. The molecule has 118 valence electrons. The normalized spacial score (nSPS) is 24.2. The van der Waals surface area contributed by atoms with Gasteiger partial charge in [-0.05, 0) is 25.7 Å². The summed E-state index contributed by atoms with van der Waals surface area (Å²) in [5.41, 5.74) is 0. The van der Waals surface area contributed by atoms with E-state index in [4.69, 9.17) is 0 Å². The van der Waals surface area contributed by atoms with E-state index in [0.29, 0.717) is 0 Å². The van der Waals surface area contributed by atoms with Crippen molar-refractivity contribution in [3.8, 4) is 0 Å². The third kappa shape index (κ3) is 3.74. The lowest BCUT2D eigenvalue weighted by Gasteiger charge is -2.36. The molecule has 2 aliphatic rings. The van der Waals surface area contributed by atoms with Crippen molar-refractivity contribution in [3.63, 3.8) is 0 Å². The average molecular weight is 302 g/mol. The number of hydrogen-bond acceptors (Lipinski definition) is 2. The van der Waals surface area contributed by atoms with E-state index < -0.39 is 10.2 Å². The number of hydrogen-bond donors (Lipinski definition) is 0. The summed E-state index contributed by atoms with van der Waals surface area (Å²) < 4.78 is 28.9. The molecule has 0 saturated heterocycles. The fraction of sp³-hybridized carbons (Fsp3) is 1.00. The van der Waals surface area contributed by atoms with Crippen molar-refractivity contribution in [2.75, 3.05) is 14.1 Å². The first-order valence-electron chi connectivity index (χ1n) is 8.24. The number of nitrogens with zero attached hydrogens (tertiary/aromatic N) is 2. The molecule has 0 aliphatic heterocycles. The first-order chi connectivity index (χ1) is 9.53. The zero-order valence-corrected chi connectivity index (χ0v) is 13.9. The van der Waals surface area contributed by atoms with E-state index in [9.17, 15) is 8.42 Å². The SMILES string of the molecule is CN(C1CCCCCC1)S(=O)(=O)N(C)C1CCCCC1.